The highest BCUT2D eigenvalue weighted by Gasteiger charge is 2.48. The van der Waals surface area contributed by atoms with E-state index in [9.17, 15) is 4.79 Å². The first-order chi connectivity index (χ1) is 6.18. The van der Waals surface area contributed by atoms with Gasteiger partial charge in [-0.2, -0.15) is 0 Å². The molecule has 72 valence electrons. The zero-order valence-electron chi connectivity index (χ0n) is 7.97. The summed E-state index contributed by atoms with van der Waals surface area (Å²) in [7, 11) is 0. The Morgan fingerprint density at radius 1 is 1.77 bits per heavy atom. The van der Waals surface area contributed by atoms with Gasteiger partial charge >= 0.3 is 0 Å². The van der Waals surface area contributed by atoms with Crippen molar-refractivity contribution in [1.29, 1.82) is 0 Å². The third-order valence-electron chi connectivity index (χ3n) is 2.64. The number of terminal acetylenes is 1. The predicted octanol–water partition coefficient (Wildman–Crippen LogP) is 0.253. The Hall–Kier alpha value is -1.01. The Bertz CT molecular complexity index is 238. The van der Waals surface area contributed by atoms with Crippen molar-refractivity contribution in [2.75, 3.05) is 6.54 Å². The number of hydrogen-bond donors (Lipinski definition) is 2. The molecule has 3 heteroatoms. The van der Waals surface area contributed by atoms with E-state index in [2.05, 4.69) is 11.2 Å². The molecule has 1 unspecified atom stereocenters. The number of rotatable bonds is 4. The minimum atomic E-state index is -0.287. The lowest BCUT2D eigenvalue weighted by Gasteiger charge is -2.16. The van der Waals surface area contributed by atoms with Crippen LogP contribution in [0.25, 0.3) is 0 Å². The van der Waals surface area contributed by atoms with Gasteiger partial charge in [-0.15, -0.1) is 6.42 Å². The van der Waals surface area contributed by atoms with Gasteiger partial charge in [0.05, 0.1) is 11.5 Å². The third kappa shape index (κ3) is 2.02. The van der Waals surface area contributed by atoms with E-state index in [0.29, 0.717) is 6.54 Å². The highest BCUT2D eigenvalue weighted by molar-refractivity contribution is 5.86. The van der Waals surface area contributed by atoms with Crippen molar-refractivity contribution in [3.63, 3.8) is 0 Å². The van der Waals surface area contributed by atoms with Gasteiger partial charge in [-0.1, -0.05) is 12.8 Å². The van der Waals surface area contributed by atoms with Crippen molar-refractivity contribution in [3.8, 4) is 12.3 Å². The van der Waals surface area contributed by atoms with Crippen LogP contribution >= 0.6 is 0 Å². The smallest absolute Gasteiger partial charge is 0.228 e. The molecule has 0 aromatic rings. The van der Waals surface area contributed by atoms with Gasteiger partial charge in [0.15, 0.2) is 0 Å². The highest BCUT2D eigenvalue weighted by Crippen LogP contribution is 2.44. The molecule has 0 saturated heterocycles. The molecule has 1 aliphatic rings. The summed E-state index contributed by atoms with van der Waals surface area (Å²) in [6.07, 6.45) is 7.81. The van der Waals surface area contributed by atoms with Crippen LogP contribution < -0.4 is 11.1 Å². The zero-order chi connectivity index (χ0) is 9.90. The topological polar surface area (TPSA) is 55.1 Å². The monoisotopic (exact) mass is 180 g/mol. The van der Waals surface area contributed by atoms with Crippen LogP contribution in [0.1, 0.15) is 26.2 Å². The Labute approximate surface area is 79.1 Å². The molecular formula is C10H16N2O. The van der Waals surface area contributed by atoms with E-state index < -0.39 is 0 Å². The normalized spacial score (nSPS) is 20.1. The summed E-state index contributed by atoms with van der Waals surface area (Å²) in [6, 6.07) is -0.142. The van der Waals surface area contributed by atoms with E-state index >= 15 is 0 Å². The fourth-order valence-electron chi connectivity index (χ4n) is 1.25. The molecule has 1 fully saturated rings. The molecule has 1 amide bonds. The first kappa shape index (κ1) is 10.1. The quantitative estimate of drug-likeness (QED) is 0.609. The molecule has 0 spiro atoms. The van der Waals surface area contributed by atoms with Crippen molar-refractivity contribution < 1.29 is 4.79 Å². The number of carbonyl (C=O) groups is 1. The van der Waals surface area contributed by atoms with Crippen LogP contribution in [0.2, 0.25) is 0 Å². The third-order valence-corrected chi connectivity index (χ3v) is 2.64. The van der Waals surface area contributed by atoms with E-state index in [0.717, 1.165) is 19.3 Å². The van der Waals surface area contributed by atoms with Crippen LogP contribution in [-0.2, 0) is 4.79 Å². The number of amides is 1. The van der Waals surface area contributed by atoms with Crippen LogP contribution in [0.4, 0.5) is 0 Å². The van der Waals surface area contributed by atoms with Crippen LogP contribution in [0.3, 0.4) is 0 Å². The first-order valence-electron chi connectivity index (χ1n) is 4.65. The van der Waals surface area contributed by atoms with Gasteiger partial charge in [-0.05, 0) is 19.3 Å². The molecule has 0 heterocycles. The number of nitrogens with two attached hydrogens (primary N) is 1. The van der Waals surface area contributed by atoms with Gasteiger partial charge in [0.1, 0.15) is 0 Å². The summed E-state index contributed by atoms with van der Waals surface area (Å²) >= 11 is 0. The Morgan fingerprint density at radius 3 is 2.69 bits per heavy atom. The lowest BCUT2D eigenvalue weighted by molar-refractivity contribution is -0.126. The van der Waals surface area contributed by atoms with Crippen LogP contribution in [0.15, 0.2) is 0 Å². The summed E-state index contributed by atoms with van der Waals surface area (Å²) < 4.78 is 0. The second-order valence-corrected chi connectivity index (χ2v) is 3.59. The summed E-state index contributed by atoms with van der Waals surface area (Å²) in [5.41, 5.74) is 5.23. The van der Waals surface area contributed by atoms with E-state index in [1.165, 1.54) is 0 Å². The van der Waals surface area contributed by atoms with Gasteiger partial charge in [-0.25, -0.2) is 0 Å². The maximum Gasteiger partial charge on any atom is 0.228 e. The largest absolute Gasteiger partial charge is 0.342 e. The highest BCUT2D eigenvalue weighted by atomic mass is 16.2. The average Bonchev–Trinajstić information content (AvgIpc) is 2.94. The molecule has 0 aromatic heterocycles. The molecule has 0 aliphatic heterocycles. The summed E-state index contributed by atoms with van der Waals surface area (Å²) in [5, 5.41) is 2.82. The summed E-state index contributed by atoms with van der Waals surface area (Å²) in [5.74, 6) is 2.56. The fourth-order valence-corrected chi connectivity index (χ4v) is 1.25. The number of nitrogens with one attached hydrogen (secondary N) is 1. The Morgan fingerprint density at radius 2 is 2.38 bits per heavy atom. The standard InChI is InChI=1S/C10H16N2O/c1-3-8(4-2)12-9(13)10(7-11)5-6-10/h1,8H,4-7,11H2,2H3,(H,12,13). The first-order valence-corrected chi connectivity index (χ1v) is 4.65. The molecule has 3 N–H and O–H groups in total. The van der Waals surface area contributed by atoms with Gasteiger partial charge in [0.2, 0.25) is 5.91 Å². The van der Waals surface area contributed by atoms with Gasteiger partial charge < -0.3 is 11.1 Å². The van der Waals surface area contributed by atoms with Crippen LogP contribution in [0.5, 0.6) is 0 Å². The van der Waals surface area contributed by atoms with Crippen molar-refractivity contribution in [1.82, 2.24) is 5.32 Å². The maximum absolute atomic E-state index is 11.6. The minimum Gasteiger partial charge on any atom is -0.342 e. The van der Waals surface area contributed by atoms with Crippen molar-refractivity contribution in [2.45, 2.75) is 32.2 Å². The molecule has 13 heavy (non-hydrogen) atoms. The maximum atomic E-state index is 11.6. The van der Waals surface area contributed by atoms with E-state index in [-0.39, 0.29) is 17.4 Å². The Balaban J connectivity index is 2.46. The molecule has 1 saturated carbocycles. The van der Waals surface area contributed by atoms with Crippen molar-refractivity contribution >= 4 is 5.91 Å². The van der Waals surface area contributed by atoms with Crippen molar-refractivity contribution in [2.24, 2.45) is 11.1 Å². The summed E-state index contributed by atoms with van der Waals surface area (Å²) in [4.78, 5) is 11.6. The second kappa shape index (κ2) is 3.80. The van der Waals surface area contributed by atoms with Gasteiger partial charge in [0.25, 0.3) is 0 Å². The van der Waals surface area contributed by atoms with Gasteiger partial charge in [0, 0.05) is 6.54 Å². The number of hydrogen-bond acceptors (Lipinski definition) is 2. The lowest BCUT2D eigenvalue weighted by atomic mass is 10.1. The average molecular weight is 180 g/mol. The van der Waals surface area contributed by atoms with Gasteiger partial charge in [-0.3, -0.25) is 4.79 Å². The summed E-state index contributed by atoms with van der Waals surface area (Å²) in [6.45, 7) is 2.38. The molecule has 3 nitrogen and oxygen atoms in total. The molecule has 0 bridgehead atoms. The Kier molecular flexibility index (Phi) is 2.94. The zero-order valence-corrected chi connectivity index (χ0v) is 7.97. The van der Waals surface area contributed by atoms with Crippen LogP contribution in [-0.4, -0.2) is 18.5 Å². The van der Waals surface area contributed by atoms with E-state index in [1.54, 1.807) is 0 Å². The molecule has 1 aliphatic carbocycles. The molecule has 0 radical (unpaired) electrons. The second-order valence-electron chi connectivity index (χ2n) is 3.59. The fraction of sp³-hybridized carbons (Fsp3) is 0.700. The molecule has 1 rings (SSSR count). The molecule has 0 aromatic carbocycles. The van der Waals surface area contributed by atoms with E-state index in [4.69, 9.17) is 12.2 Å². The van der Waals surface area contributed by atoms with Crippen molar-refractivity contribution in [3.05, 3.63) is 0 Å². The number of carbonyl (C=O) groups excluding carboxylic acids is 1. The molecule has 1 atom stereocenters. The predicted molar refractivity (Wildman–Crippen MR) is 51.8 cm³/mol. The van der Waals surface area contributed by atoms with E-state index in [1.807, 2.05) is 6.92 Å². The lowest BCUT2D eigenvalue weighted by Crippen LogP contribution is -2.41. The van der Waals surface area contributed by atoms with Crippen LogP contribution in [0, 0.1) is 17.8 Å². The SMILES string of the molecule is C#CC(CC)NC(=O)C1(CN)CC1. The minimum absolute atomic E-state index is 0.0276. The molecular weight excluding hydrogens is 164 g/mol.